The van der Waals surface area contributed by atoms with Crippen LogP contribution in [0.4, 0.5) is 15.2 Å². The van der Waals surface area contributed by atoms with Gasteiger partial charge in [0.25, 0.3) is 5.91 Å². The highest BCUT2D eigenvalue weighted by Crippen LogP contribution is 2.23. The maximum Gasteiger partial charge on any atom is 0.267 e. The third-order valence-corrected chi connectivity index (χ3v) is 3.68. The number of anilines is 2. The molecule has 0 aliphatic rings. The van der Waals surface area contributed by atoms with Gasteiger partial charge < -0.3 is 11.1 Å². The van der Waals surface area contributed by atoms with Crippen LogP contribution in [0, 0.1) is 12.7 Å². The minimum atomic E-state index is -0.507. The highest BCUT2D eigenvalue weighted by Gasteiger charge is 2.15. The van der Waals surface area contributed by atoms with Crippen LogP contribution in [-0.2, 0) is 0 Å². The number of aromatic nitrogens is 1. The Balaban J connectivity index is 2.24. The fourth-order valence-electron chi connectivity index (χ4n) is 1.40. The molecule has 0 aliphatic carbocycles. The third-order valence-electron chi connectivity index (χ3n) is 2.20. The summed E-state index contributed by atoms with van der Waals surface area (Å²) in [6, 6.07) is 4.41. The fourth-order valence-corrected chi connectivity index (χ4v) is 2.46. The fraction of sp³-hybridized carbons (Fsp3) is 0.0909. The first-order valence-corrected chi connectivity index (χ1v) is 6.57. The summed E-state index contributed by atoms with van der Waals surface area (Å²) in [5.74, 6) is -0.921. The summed E-state index contributed by atoms with van der Waals surface area (Å²) in [4.78, 5) is 16.2. The lowest BCUT2D eigenvalue weighted by Crippen LogP contribution is -2.12. The first-order valence-electron chi connectivity index (χ1n) is 4.96. The van der Waals surface area contributed by atoms with E-state index in [4.69, 9.17) is 5.73 Å². The molecule has 7 heteroatoms. The van der Waals surface area contributed by atoms with Gasteiger partial charge in [-0.1, -0.05) is 27.3 Å². The van der Waals surface area contributed by atoms with Crippen molar-refractivity contribution in [3.8, 4) is 0 Å². The Morgan fingerprint density at radius 2 is 2.28 bits per heavy atom. The maximum absolute atomic E-state index is 13.6. The van der Waals surface area contributed by atoms with Crippen molar-refractivity contribution < 1.29 is 9.18 Å². The van der Waals surface area contributed by atoms with Crippen molar-refractivity contribution >= 4 is 44.0 Å². The van der Waals surface area contributed by atoms with E-state index in [1.165, 1.54) is 12.1 Å². The lowest BCUT2D eigenvalue weighted by molar-refractivity contribution is 0.102. The number of aryl methyl sites for hydroxylation is 1. The number of hydrogen-bond donors (Lipinski definition) is 2. The average Bonchev–Trinajstić information content (AvgIpc) is 2.62. The molecular formula is C11H9BrFN3OS. The lowest BCUT2D eigenvalue weighted by atomic mass is 10.3. The van der Waals surface area contributed by atoms with Crippen molar-refractivity contribution in [3.05, 3.63) is 39.1 Å². The minimum absolute atomic E-state index is 0.120. The molecule has 0 saturated carbocycles. The second-order valence-electron chi connectivity index (χ2n) is 3.54. The molecule has 0 fully saturated rings. The standard InChI is InChI=1S/C11H9BrFN3OS/c1-5-9(18-11(14)15-5)10(17)16-8-3-2-6(12)4-7(8)13/h2-4H,1H3,(H2,14,15)(H,16,17). The molecule has 0 radical (unpaired) electrons. The summed E-state index contributed by atoms with van der Waals surface area (Å²) < 4.78 is 14.2. The number of benzene rings is 1. The van der Waals surface area contributed by atoms with Crippen molar-refractivity contribution in [1.82, 2.24) is 4.98 Å². The molecule has 1 aromatic heterocycles. The van der Waals surface area contributed by atoms with E-state index in [1.54, 1.807) is 13.0 Å². The van der Waals surface area contributed by atoms with Crippen LogP contribution >= 0.6 is 27.3 Å². The average molecular weight is 330 g/mol. The Labute approximate surface area is 115 Å². The monoisotopic (exact) mass is 329 g/mol. The van der Waals surface area contributed by atoms with E-state index < -0.39 is 11.7 Å². The van der Waals surface area contributed by atoms with Gasteiger partial charge in [0.05, 0.1) is 11.4 Å². The van der Waals surface area contributed by atoms with E-state index in [1.807, 2.05) is 0 Å². The van der Waals surface area contributed by atoms with Crippen molar-refractivity contribution in [3.63, 3.8) is 0 Å². The number of halogens is 2. The largest absolute Gasteiger partial charge is 0.375 e. The van der Waals surface area contributed by atoms with Crippen LogP contribution in [0.3, 0.4) is 0 Å². The number of hydrogen-bond acceptors (Lipinski definition) is 4. The van der Waals surface area contributed by atoms with Crippen molar-refractivity contribution in [2.45, 2.75) is 6.92 Å². The van der Waals surface area contributed by atoms with Gasteiger partial charge >= 0.3 is 0 Å². The zero-order valence-electron chi connectivity index (χ0n) is 9.33. The SMILES string of the molecule is Cc1nc(N)sc1C(=O)Nc1ccc(Br)cc1F. The van der Waals surface area contributed by atoms with Crippen LogP contribution in [-0.4, -0.2) is 10.9 Å². The van der Waals surface area contributed by atoms with E-state index in [-0.39, 0.29) is 5.69 Å². The number of nitrogens with one attached hydrogen (secondary N) is 1. The van der Waals surface area contributed by atoms with Crippen LogP contribution < -0.4 is 11.1 Å². The Hall–Kier alpha value is -1.47. The number of nitrogens with two attached hydrogens (primary N) is 1. The number of rotatable bonds is 2. The van der Waals surface area contributed by atoms with Crippen LogP contribution in [0.15, 0.2) is 22.7 Å². The molecule has 0 saturated heterocycles. The Morgan fingerprint density at radius 1 is 1.56 bits per heavy atom. The molecule has 1 aromatic carbocycles. The first kappa shape index (κ1) is 13.0. The molecule has 94 valence electrons. The van der Waals surface area contributed by atoms with Gasteiger partial charge in [0.1, 0.15) is 10.7 Å². The van der Waals surface area contributed by atoms with Crippen LogP contribution in [0.25, 0.3) is 0 Å². The van der Waals surface area contributed by atoms with E-state index >= 15 is 0 Å². The van der Waals surface area contributed by atoms with Gasteiger partial charge in [-0.2, -0.15) is 0 Å². The Morgan fingerprint density at radius 3 is 2.83 bits per heavy atom. The number of nitrogens with zero attached hydrogens (tertiary/aromatic N) is 1. The van der Waals surface area contributed by atoms with E-state index in [9.17, 15) is 9.18 Å². The van der Waals surface area contributed by atoms with Crippen molar-refractivity contribution in [2.75, 3.05) is 11.1 Å². The second-order valence-corrected chi connectivity index (χ2v) is 5.49. The molecule has 0 spiro atoms. The summed E-state index contributed by atoms with van der Waals surface area (Å²) in [6.07, 6.45) is 0. The molecule has 1 amide bonds. The summed E-state index contributed by atoms with van der Waals surface area (Å²) in [5.41, 5.74) is 6.16. The van der Waals surface area contributed by atoms with Gasteiger partial charge in [0.2, 0.25) is 0 Å². The van der Waals surface area contributed by atoms with Crippen molar-refractivity contribution in [2.24, 2.45) is 0 Å². The number of thiazole rings is 1. The van der Waals surface area contributed by atoms with Gasteiger partial charge in [-0.05, 0) is 25.1 Å². The summed E-state index contributed by atoms with van der Waals surface area (Å²) in [7, 11) is 0. The molecule has 4 nitrogen and oxygen atoms in total. The van der Waals surface area contributed by atoms with E-state index in [0.29, 0.717) is 20.2 Å². The number of nitrogen functional groups attached to an aromatic ring is 1. The number of amides is 1. The molecule has 0 bridgehead atoms. The van der Waals surface area contributed by atoms with Gasteiger partial charge in [0, 0.05) is 4.47 Å². The molecule has 2 aromatic rings. The second kappa shape index (κ2) is 5.03. The smallest absolute Gasteiger partial charge is 0.267 e. The topological polar surface area (TPSA) is 68.0 Å². The Bertz CT molecular complexity index is 614. The maximum atomic E-state index is 13.6. The molecule has 1 heterocycles. The minimum Gasteiger partial charge on any atom is -0.375 e. The number of carbonyl (C=O) groups excluding carboxylic acids is 1. The zero-order chi connectivity index (χ0) is 13.3. The first-order chi connectivity index (χ1) is 8.47. The van der Waals surface area contributed by atoms with E-state index in [0.717, 1.165) is 11.3 Å². The third kappa shape index (κ3) is 2.68. The van der Waals surface area contributed by atoms with Gasteiger partial charge in [-0.15, -0.1) is 0 Å². The molecule has 18 heavy (non-hydrogen) atoms. The molecule has 0 atom stereocenters. The quantitative estimate of drug-likeness (QED) is 0.889. The summed E-state index contributed by atoms with van der Waals surface area (Å²) in [5, 5.41) is 2.80. The van der Waals surface area contributed by atoms with Gasteiger partial charge in [-0.3, -0.25) is 4.79 Å². The molecule has 0 unspecified atom stereocenters. The summed E-state index contributed by atoms with van der Waals surface area (Å²) in [6.45, 7) is 1.68. The highest BCUT2D eigenvalue weighted by atomic mass is 79.9. The highest BCUT2D eigenvalue weighted by molar-refractivity contribution is 9.10. The van der Waals surface area contributed by atoms with Gasteiger partial charge in [-0.25, -0.2) is 9.37 Å². The Kier molecular flexibility index (Phi) is 3.63. The van der Waals surface area contributed by atoms with Gasteiger partial charge in [0.15, 0.2) is 5.13 Å². The predicted octanol–water partition coefficient (Wildman–Crippen LogP) is 3.19. The van der Waals surface area contributed by atoms with E-state index in [2.05, 4.69) is 26.2 Å². The van der Waals surface area contributed by atoms with Crippen LogP contribution in [0.2, 0.25) is 0 Å². The molecular weight excluding hydrogens is 321 g/mol. The van der Waals surface area contributed by atoms with Crippen LogP contribution in [0.5, 0.6) is 0 Å². The predicted molar refractivity (Wildman–Crippen MR) is 73.3 cm³/mol. The molecule has 2 rings (SSSR count). The zero-order valence-corrected chi connectivity index (χ0v) is 11.7. The van der Waals surface area contributed by atoms with Crippen LogP contribution in [0.1, 0.15) is 15.4 Å². The number of carbonyl (C=O) groups is 1. The molecule has 0 aliphatic heterocycles. The lowest BCUT2D eigenvalue weighted by Gasteiger charge is -2.05. The molecule has 3 N–H and O–H groups in total. The normalized spacial score (nSPS) is 10.4. The summed E-state index contributed by atoms with van der Waals surface area (Å²) >= 11 is 4.22. The van der Waals surface area contributed by atoms with Crippen molar-refractivity contribution in [1.29, 1.82) is 0 Å².